The van der Waals surface area contributed by atoms with Crippen molar-refractivity contribution in [1.29, 1.82) is 0 Å². The Bertz CT molecular complexity index is 315. The van der Waals surface area contributed by atoms with Crippen LogP contribution in [-0.2, 0) is 0 Å². The zero-order valence-corrected chi connectivity index (χ0v) is 10.9. The van der Waals surface area contributed by atoms with E-state index < -0.39 is 6.10 Å². The molecule has 0 aromatic heterocycles. The second kappa shape index (κ2) is 4.98. The van der Waals surface area contributed by atoms with Gasteiger partial charge in [0.05, 0.1) is 6.10 Å². The summed E-state index contributed by atoms with van der Waals surface area (Å²) in [7, 11) is 2.05. The van der Waals surface area contributed by atoms with Gasteiger partial charge in [-0.25, -0.2) is 0 Å². The lowest BCUT2D eigenvalue weighted by molar-refractivity contribution is 0.0254. The summed E-state index contributed by atoms with van der Waals surface area (Å²) in [5.41, 5.74) is 1.04. The van der Waals surface area contributed by atoms with Gasteiger partial charge in [0.1, 0.15) is 0 Å². The van der Waals surface area contributed by atoms with Crippen molar-refractivity contribution in [2.75, 3.05) is 7.05 Å². The van der Waals surface area contributed by atoms with E-state index >= 15 is 0 Å². The molecule has 1 N–H and O–H groups in total. The molecule has 0 bridgehead atoms. The Morgan fingerprint density at radius 3 is 2.06 bits per heavy atom. The van der Waals surface area contributed by atoms with E-state index in [0.29, 0.717) is 0 Å². The highest BCUT2D eigenvalue weighted by atomic mass is 16.3. The minimum absolute atomic E-state index is 0.0647. The average Bonchev–Trinajstić information content (AvgIpc) is 2.26. The fourth-order valence-electron chi connectivity index (χ4n) is 1.75. The van der Waals surface area contributed by atoms with E-state index in [-0.39, 0.29) is 11.6 Å². The Morgan fingerprint density at radius 1 is 1.12 bits per heavy atom. The van der Waals surface area contributed by atoms with Crippen molar-refractivity contribution < 1.29 is 5.11 Å². The number of nitrogens with zero attached hydrogens (tertiary/aromatic N) is 1. The molecule has 2 unspecified atom stereocenters. The van der Waals surface area contributed by atoms with Gasteiger partial charge in [0.2, 0.25) is 0 Å². The van der Waals surface area contributed by atoms with E-state index in [1.165, 1.54) is 0 Å². The minimum atomic E-state index is -0.439. The van der Waals surface area contributed by atoms with Gasteiger partial charge in [-0.3, -0.25) is 4.90 Å². The Labute approximate surface area is 98.9 Å². The van der Waals surface area contributed by atoms with Crippen LogP contribution in [0, 0.1) is 0 Å². The molecule has 2 atom stereocenters. The normalized spacial score (nSPS) is 16.2. The first-order valence-electron chi connectivity index (χ1n) is 5.80. The predicted octanol–water partition coefficient (Wildman–Crippen LogP) is 2.84. The van der Waals surface area contributed by atoms with Crippen molar-refractivity contribution in [3.8, 4) is 0 Å². The van der Waals surface area contributed by atoms with E-state index in [4.69, 9.17) is 0 Å². The first-order valence-corrected chi connectivity index (χ1v) is 5.80. The highest BCUT2D eigenvalue weighted by Gasteiger charge is 2.27. The summed E-state index contributed by atoms with van der Waals surface area (Å²) in [6, 6.07) is 9.93. The molecule has 0 radical (unpaired) electrons. The summed E-state index contributed by atoms with van der Waals surface area (Å²) >= 11 is 0. The molecule has 0 heterocycles. The monoisotopic (exact) mass is 220 g/mol. The van der Waals surface area contributed by atoms with Crippen LogP contribution in [0.3, 0.4) is 0 Å². The molecular formula is C14H23NO. The average molecular weight is 220 g/mol. The van der Waals surface area contributed by atoms with Crippen molar-refractivity contribution in [2.24, 2.45) is 0 Å². The van der Waals surface area contributed by atoms with Gasteiger partial charge < -0.3 is 5.11 Å². The predicted molar refractivity (Wildman–Crippen MR) is 68.4 cm³/mol. The van der Waals surface area contributed by atoms with Crippen LogP contribution in [0.1, 0.15) is 39.4 Å². The lowest BCUT2D eigenvalue weighted by Crippen LogP contribution is -2.46. The number of rotatable bonds is 3. The van der Waals surface area contributed by atoms with Crippen LogP contribution in [-0.4, -0.2) is 28.6 Å². The maximum Gasteiger partial charge on any atom is 0.0942 e. The topological polar surface area (TPSA) is 23.5 Å². The quantitative estimate of drug-likeness (QED) is 0.846. The van der Waals surface area contributed by atoms with Gasteiger partial charge in [0.15, 0.2) is 0 Å². The first kappa shape index (κ1) is 13.2. The molecule has 0 spiro atoms. The molecule has 90 valence electrons. The van der Waals surface area contributed by atoms with Crippen LogP contribution in [0.15, 0.2) is 30.3 Å². The molecule has 1 rings (SSSR count). The zero-order valence-electron chi connectivity index (χ0n) is 10.9. The molecule has 0 amide bonds. The van der Waals surface area contributed by atoms with Crippen LogP contribution in [0.25, 0.3) is 0 Å². The van der Waals surface area contributed by atoms with Gasteiger partial charge in [0.25, 0.3) is 0 Å². The number of aliphatic hydroxyl groups excluding tert-OH is 1. The Hall–Kier alpha value is -0.860. The summed E-state index contributed by atoms with van der Waals surface area (Å²) in [4.78, 5) is 2.20. The van der Waals surface area contributed by atoms with Crippen LogP contribution in [0.2, 0.25) is 0 Å². The molecule has 2 heteroatoms. The molecule has 0 saturated heterocycles. The third-order valence-corrected chi connectivity index (χ3v) is 3.27. The number of aliphatic hydroxyl groups is 1. The van der Waals surface area contributed by atoms with Gasteiger partial charge in [-0.1, -0.05) is 30.3 Å². The lowest BCUT2D eigenvalue weighted by Gasteiger charge is -2.39. The molecule has 1 aromatic rings. The molecule has 0 fully saturated rings. The van der Waals surface area contributed by atoms with Crippen molar-refractivity contribution in [3.63, 3.8) is 0 Å². The van der Waals surface area contributed by atoms with Gasteiger partial charge >= 0.3 is 0 Å². The van der Waals surface area contributed by atoms with E-state index in [0.717, 1.165) is 5.56 Å². The fourth-order valence-corrected chi connectivity index (χ4v) is 1.75. The van der Waals surface area contributed by atoms with Crippen LogP contribution >= 0.6 is 0 Å². The lowest BCUT2D eigenvalue weighted by atomic mass is 9.85. The van der Waals surface area contributed by atoms with Crippen molar-refractivity contribution in [2.45, 2.75) is 45.4 Å². The second-order valence-electron chi connectivity index (χ2n) is 5.38. The third-order valence-electron chi connectivity index (χ3n) is 3.27. The maximum atomic E-state index is 10.3. The highest BCUT2D eigenvalue weighted by molar-refractivity contribution is 5.18. The van der Waals surface area contributed by atoms with E-state index in [1.54, 1.807) is 0 Å². The molecule has 16 heavy (non-hydrogen) atoms. The highest BCUT2D eigenvalue weighted by Crippen LogP contribution is 2.24. The van der Waals surface area contributed by atoms with Crippen LogP contribution in [0.4, 0.5) is 0 Å². The summed E-state index contributed by atoms with van der Waals surface area (Å²) in [5, 5.41) is 10.3. The maximum absolute atomic E-state index is 10.3. The molecule has 2 nitrogen and oxygen atoms in total. The molecule has 1 aromatic carbocycles. The summed E-state index contributed by atoms with van der Waals surface area (Å²) in [5.74, 6) is 0. The Morgan fingerprint density at radius 2 is 1.62 bits per heavy atom. The molecule has 0 saturated carbocycles. The molecule has 0 aliphatic carbocycles. The summed E-state index contributed by atoms with van der Waals surface area (Å²) < 4.78 is 0. The minimum Gasteiger partial charge on any atom is -0.387 e. The van der Waals surface area contributed by atoms with Crippen LogP contribution < -0.4 is 0 Å². The Balaban J connectivity index is 2.79. The number of hydrogen-bond donors (Lipinski definition) is 1. The largest absolute Gasteiger partial charge is 0.387 e. The van der Waals surface area contributed by atoms with Crippen LogP contribution in [0.5, 0.6) is 0 Å². The second-order valence-corrected chi connectivity index (χ2v) is 5.38. The smallest absolute Gasteiger partial charge is 0.0942 e. The summed E-state index contributed by atoms with van der Waals surface area (Å²) in [6.45, 7) is 8.52. The SMILES string of the molecule is CC(C(O)c1ccccc1)N(C)C(C)(C)[11CH3]. The number of hydrogen-bond acceptors (Lipinski definition) is 2. The standard InChI is InChI=1S/C14H23NO/c1-11(15(5)14(2,3)4)13(16)12-9-7-6-8-10-12/h6-11,13,16H,1-5H3/i2-1. The van der Waals surface area contributed by atoms with Gasteiger partial charge in [-0.05, 0) is 40.3 Å². The third kappa shape index (κ3) is 3.06. The number of benzene rings is 1. The van der Waals surface area contributed by atoms with Crippen molar-refractivity contribution in [1.82, 2.24) is 4.90 Å². The van der Waals surface area contributed by atoms with E-state index in [1.807, 2.05) is 30.3 Å². The summed E-state index contributed by atoms with van der Waals surface area (Å²) in [6.07, 6.45) is -0.439. The molecule has 0 aliphatic rings. The zero-order chi connectivity index (χ0) is 12.3. The number of likely N-dealkylation sites (N-methyl/N-ethyl adjacent to an activating group) is 1. The molecule has 0 aliphatic heterocycles. The first-order chi connectivity index (χ1) is 7.34. The van der Waals surface area contributed by atoms with E-state index in [9.17, 15) is 5.11 Å². The molecular weight excluding hydrogens is 197 g/mol. The van der Waals surface area contributed by atoms with E-state index in [2.05, 4.69) is 39.6 Å². The van der Waals surface area contributed by atoms with Crippen molar-refractivity contribution in [3.05, 3.63) is 35.9 Å². The van der Waals surface area contributed by atoms with Gasteiger partial charge in [0, 0.05) is 11.6 Å². The van der Waals surface area contributed by atoms with Gasteiger partial charge in [-0.15, -0.1) is 0 Å². The fraction of sp³-hybridized carbons (Fsp3) is 0.571. The van der Waals surface area contributed by atoms with Gasteiger partial charge in [-0.2, -0.15) is 0 Å². The Kier molecular flexibility index (Phi) is 4.11. The van der Waals surface area contributed by atoms with Crippen molar-refractivity contribution >= 4 is 0 Å².